The number of carboxylic acids is 1. The summed E-state index contributed by atoms with van der Waals surface area (Å²) in [5, 5.41) is 11.7. The van der Waals surface area contributed by atoms with Crippen LogP contribution in [-0.2, 0) is 9.59 Å². The van der Waals surface area contributed by atoms with E-state index in [-0.39, 0.29) is 17.7 Å². The van der Waals surface area contributed by atoms with Crippen molar-refractivity contribution in [3.63, 3.8) is 0 Å². The van der Waals surface area contributed by atoms with E-state index in [0.717, 1.165) is 12.8 Å². The van der Waals surface area contributed by atoms with Crippen LogP contribution in [0.1, 0.15) is 53.9 Å². The Balaban J connectivity index is 4.54. The summed E-state index contributed by atoms with van der Waals surface area (Å²) in [5.41, 5.74) is 0. The Morgan fingerprint density at radius 2 is 1.61 bits per heavy atom. The highest BCUT2D eigenvalue weighted by atomic mass is 16.4. The van der Waals surface area contributed by atoms with Crippen molar-refractivity contribution in [2.24, 2.45) is 17.8 Å². The van der Waals surface area contributed by atoms with Gasteiger partial charge < -0.3 is 10.4 Å². The Kier molecular flexibility index (Phi) is 7.64. The zero-order valence-corrected chi connectivity index (χ0v) is 12.2. The quantitative estimate of drug-likeness (QED) is 0.702. The molecule has 0 bridgehead atoms. The van der Waals surface area contributed by atoms with E-state index in [1.165, 1.54) is 0 Å². The molecule has 4 nitrogen and oxygen atoms in total. The third-order valence-corrected chi connectivity index (χ3v) is 3.49. The van der Waals surface area contributed by atoms with Gasteiger partial charge >= 0.3 is 5.97 Å². The maximum absolute atomic E-state index is 12.0. The number of rotatable bonds is 8. The third kappa shape index (κ3) is 5.52. The average Bonchev–Trinajstić information content (AvgIpc) is 2.28. The Hall–Kier alpha value is -1.06. The molecule has 106 valence electrons. The van der Waals surface area contributed by atoms with E-state index < -0.39 is 12.0 Å². The van der Waals surface area contributed by atoms with E-state index >= 15 is 0 Å². The molecule has 0 heterocycles. The van der Waals surface area contributed by atoms with Crippen molar-refractivity contribution in [2.75, 3.05) is 0 Å². The van der Waals surface area contributed by atoms with Gasteiger partial charge in [-0.3, -0.25) is 4.79 Å². The summed E-state index contributed by atoms with van der Waals surface area (Å²) in [6.45, 7) is 9.89. The fraction of sp³-hybridized carbons (Fsp3) is 0.857. The lowest BCUT2D eigenvalue weighted by atomic mass is 9.88. The van der Waals surface area contributed by atoms with E-state index in [0.29, 0.717) is 12.3 Å². The first-order valence-corrected chi connectivity index (χ1v) is 6.86. The molecule has 0 aliphatic carbocycles. The van der Waals surface area contributed by atoms with Crippen LogP contribution < -0.4 is 5.32 Å². The minimum absolute atomic E-state index is 0.131. The maximum atomic E-state index is 12.0. The molecule has 0 fully saturated rings. The highest BCUT2D eigenvalue weighted by Gasteiger charge is 2.26. The molecule has 2 N–H and O–H groups in total. The monoisotopic (exact) mass is 257 g/mol. The summed E-state index contributed by atoms with van der Waals surface area (Å²) in [7, 11) is 0. The molecule has 0 aromatic carbocycles. The van der Waals surface area contributed by atoms with Crippen LogP contribution in [0.3, 0.4) is 0 Å². The molecule has 0 saturated carbocycles. The molecule has 1 unspecified atom stereocenters. The predicted octanol–water partition coefficient (Wildman–Crippen LogP) is 2.67. The number of aliphatic carboxylic acids is 1. The lowest BCUT2D eigenvalue weighted by Gasteiger charge is -2.23. The van der Waals surface area contributed by atoms with Crippen LogP contribution in [-0.4, -0.2) is 23.0 Å². The number of nitrogens with one attached hydrogen (secondary N) is 1. The fourth-order valence-corrected chi connectivity index (χ4v) is 2.21. The van der Waals surface area contributed by atoms with Gasteiger partial charge in [-0.15, -0.1) is 0 Å². The number of amides is 1. The molecule has 18 heavy (non-hydrogen) atoms. The summed E-state index contributed by atoms with van der Waals surface area (Å²) in [5.74, 6) is -0.659. The van der Waals surface area contributed by atoms with Crippen molar-refractivity contribution in [1.82, 2.24) is 5.32 Å². The van der Waals surface area contributed by atoms with Crippen molar-refractivity contribution in [2.45, 2.75) is 59.9 Å². The van der Waals surface area contributed by atoms with E-state index in [1.807, 2.05) is 20.8 Å². The van der Waals surface area contributed by atoms with Gasteiger partial charge in [0, 0.05) is 5.92 Å². The lowest BCUT2D eigenvalue weighted by molar-refractivity contribution is -0.143. The maximum Gasteiger partial charge on any atom is 0.326 e. The topological polar surface area (TPSA) is 66.4 Å². The Bertz CT molecular complexity index is 272. The number of hydrogen-bond acceptors (Lipinski definition) is 2. The number of carbonyl (C=O) groups excluding carboxylic acids is 1. The van der Waals surface area contributed by atoms with Gasteiger partial charge in [0.25, 0.3) is 0 Å². The van der Waals surface area contributed by atoms with E-state index in [4.69, 9.17) is 5.11 Å². The molecule has 0 aliphatic heterocycles. The average molecular weight is 257 g/mol. The molecule has 0 aliphatic rings. The summed E-state index contributed by atoms with van der Waals surface area (Å²) in [6.07, 6.45) is 2.34. The number of carbonyl (C=O) groups is 2. The Labute approximate surface area is 110 Å². The molecule has 4 heteroatoms. The van der Waals surface area contributed by atoms with Crippen LogP contribution in [0.4, 0.5) is 0 Å². The highest BCUT2D eigenvalue weighted by Crippen LogP contribution is 2.19. The second kappa shape index (κ2) is 8.11. The number of hydrogen-bond donors (Lipinski definition) is 2. The molecule has 0 radical (unpaired) electrons. The molecular weight excluding hydrogens is 230 g/mol. The van der Waals surface area contributed by atoms with Crippen LogP contribution in [0.5, 0.6) is 0 Å². The normalized spacial score (nSPS) is 14.6. The van der Waals surface area contributed by atoms with E-state index in [2.05, 4.69) is 19.2 Å². The van der Waals surface area contributed by atoms with Gasteiger partial charge in [0.05, 0.1) is 0 Å². The summed E-state index contributed by atoms with van der Waals surface area (Å²) < 4.78 is 0. The molecule has 2 atom stereocenters. The van der Waals surface area contributed by atoms with Crippen LogP contribution >= 0.6 is 0 Å². The Morgan fingerprint density at radius 1 is 1.11 bits per heavy atom. The van der Waals surface area contributed by atoms with Gasteiger partial charge in [-0.25, -0.2) is 4.79 Å². The number of carboxylic acid groups (broad SMARTS) is 1. The first-order chi connectivity index (χ1) is 8.33. The second-order valence-electron chi connectivity index (χ2n) is 5.39. The smallest absolute Gasteiger partial charge is 0.326 e. The molecule has 0 aromatic rings. The van der Waals surface area contributed by atoms with E-state index in [9.17, 15) is 9.59 Å². The van der Waals surface area contributed by atoms with Crippen molar-refractivity contribution < 1.29 is 14.7 Å². The van der Waals surface area contributed by atoms with Gasteiger partial charge in [-0.1, -0.05) is 47.5 Å². The highest BCUT2D eigenvalue weighted by molar-refractivity contribution is 5.84. The second-order valence-corrected chi connectivity index (χ2v) is 5.39. The van der Waals surface area contributed by atoms with E-state index in [1.54, 1.807) is 0 Å². The predicted molar refractivity (Wildman–Crippen MR) is 72.3 cm³/mol. The minimum Gasteiger partial charge on any atom is -0.480 e. The van der Waals surface area contributed by atoms with Crippen LogP contribution in [0.2, 0.25) is 0 Å². The van der Waals surface area contributed by atoms with Crippen molar-refractivity contribution >= 4 is 11.9 Å². The van der Waals surface area contributed by atoms with Crippen LogP contribution in [0, 0.1) is 17.8 Å². The molecule has 0 spiro atoms. The lowest BCUT2D eigenvalue weighted by Crippen LogP contribution is -2.45. The van der Waals surface area contributed by atoms with Gasteiger partial charge in [-0.05, 0) is 18.3 Å². The van der Waals surface area contributed by atoms with Gasteiger partial charge in [0.15, 0.2) is 0 Å². The first kappa shape index (κ1) is 16.9. The molecule has 1 amide bonds. The molecule has 0 saturated heterocycles. The standard InChI is InChI=1S/C14H27NO3/c1-6-11(7-2)10(5)13(16)15-12(14(17)18)8-9(3)4/h9-12H,6-8H2,1-5H3,(H,15,16)(H,17,18)/t10?,12-/m1/s1. The van der Waals surface area contributed by atoms with Gasteiger partial charge in [0.2, 0.25) is 5.91 Å². The van der Waals surface area contributed by atoms with Crippen LogP contribution in [0.25, 0.3) is 0 Å². The zero-order valence-electron chi connectivity index (χ0n) is 12.2. The summed E-state index contributed by atoms with van der Waals surface area (Å²) in [6, 6.07) is -0.769. The van der Waals surface area contributed by atoms with Gasteiger partial charge in [-0.2, -0.15) is 0 Å². The first-order valence-electron chi connectivity index (χ1n) is 6.86. The molecule has 0 rings (SSSR count). The largest absolute Gasteiger partial charge is 0.480 e. The SMILES string of the molecule is CCC(CC)C(C)C(=O)N[C@H](CC(C)C)C(=O)O. The zero-order chi connectivity index (χ0) is 14.3. The molecule has 0 aromatic heterocycles. The van der Waals surface area contributed by atoms with Gasteiger partial charge in [0.1, 0.15) is 6.04 Å². The third-order valence-electron chi connectivity index (χ3n) is 3.49. The van der Waals surface area contributed by atoms with Crippen LogP contribution in [0.15, 0.2) is 0 Å². The Morgan fingerprint density at radius 3 is 1.94 bits per heavy atom. The van der Waals surface area contributed by atoms with Crippen molar-refractivity contribution in [3.8, 4) is 0 Å². The summed E-state index contributed by atoms with van der Waals surface area (Å²) >= 11 is 0. The summed E-state index contributed by atoms with van der Waals surface area (Å²) in [4.78, 5) is 23.1. The van der Waals surface area contributed by atoms with Crippen molar-refractivity contribution in [1.29, 1.82) is 0 Å². The minimum atomic E-state index is -0.950. The van der Waals surface area contributed by atoms with Crippen molar-refractivity contribution in [3.05, 3.63) is 0 Å². The fourth-order valence-electron chi connectivity index (χ4n) is 2.21. The molecular formula is C14H27NO3.